The Labute approximate surface area is 154 Å². The Hall–Kier alpha value is -3.29. The van der Waals surface area contributed by atoms with Gasteiger partial charge in [-0.25, -0.2) is 4.79 Å². The second-order valence-corrected chi connectivity index (χ2v) is 6.48. The van der Waals surface area contributed by atoms with Gasteiger partial charge in [0, 0.05) is 38.1 Å². The number of carbonyl (C=O) groups excluding carboxylic acids is 1. The molecule has 8 nitrogen and oxygen atoms in total. The van der Waals surface area contributed by atoms with Gasteiger partial charge < -0.3 is 18.5 Å². The minimum atomic E-state index is -0.427. The fourth-order valence-electron chi connectivity index (χ4n) is 3.16. The molecule has 0 bridgehead atoms. The highest BCUT2D eigenvalue weighted by molar-refractivity contribution is 5.93. The van der Waals surface area contributed by atoms with Crippen molar-refractivity contribution in [3.8, 4) is 17.2 Å². The quantitative estimate of drug-likeness (QED) is 0.758. The Bertz CT molecular complexity index is 981. The summed E-state index contributed by atoms with van der Waals surface area (Å²) >= 11 is 0. The summed E-state index contributed by atoms with van der Waals surface area (Å²) in [6.07, 6.45) is 2.88. The molecular formula is C19H19N3O5. The van der Waals surface area contributed by atoms with Crippen LogP contribution in [0.15, 0.2) is 50.2 Å². The molecule has 4 rings (SSSR count). The number of likely N-dealkylation sites (tertiary alicyclic amines) is 1. The number of ether oxygens (including phenoxy) is 1. The van der Waals surface area contributed by atoms with Crippen LogP contribution in [-0.4, -0.2) is 40.2 Å². The van der Waals surface area contributed by atoms with Gasteiger partial charge in [0.05, 0.1) is 12.3 Å². The zero-order chi connectivity index (χ0) is 18.8. The van der Waals surface area contributed by atoms with E-state index in [9.17, 15) is 9.59 Å². The van der Waals surface area contributed by atoms with Gasteiger partial charge in [-0.1, -0.05) is 0 Å². The van der Waals surface area contributed by atoms with Crippen LogP contribution < -0.4 is 10.4 Å². The third-order valence-corrected chi connectivity index (χ3v) is 4.48. The van der Waals surface area contributed by atoms with Gasteiger partial charge in [0.15, 0.2) is 11.5 Å². The van der Waals surface area contributed by atoms with Crippen molar-refractivity contribution in [2.45, 2.75) is 25.9 Å². The van der Waals surface area contributed by atoms with E-state index in [0.29, 0.717) is 54.6 Å². The molecule has 8 heteroatoms. The van der Waals surface area contributed by atoms with Gasteiger partial charge in [-0.15, -0.1) is 0 Å². The molecule has 27 heavy (non-hydrogen) atoms. The Balaban J connectivity index is 1.36. The zero-order valence-corrected chi connectivity index (χ0v) is 14.8. The number of furan rings is 1. The summed E-state index contributed by atoms with van der Waals surface area (Å²) in [6.45, 7) is 2.83. The number of nitrogens with zero attached hydrogens (tertiary/aromatic N) is 2. The molecule has 3 aromatic rings. The van der Waals surface area contributed by atoms with E-state index in [4.69, 9.17) is 13.6 Å². The summed E-state index contributed by atoms with van der Waals surface area (Å²) in [4.78, 5) is 25.8. The third-order valence-electron chi connectivity index (χ3n) is 4.48. The van der Waals surface area contributed by atoms with E-state index in [1.54, 1.807) is 42.4 Å². The summed E-state index contributed by atoms with van der Waals surface area (Å²) in [5.74, 6) is 1.52. The van der Waals surface area contributed by atoms with E-state index in [2.05, 4.69) is 10.2 Å². The molecule has 1 fully saturated rings. The van der Waals surface area contributed by atoms with E-state index < -0.39 is 5.63 Å². The van der Waals surface area contributed by atoms with E-state index in [-0.39, 0.29) is 12.0 Å². The topological polar surface area (TPSA) is 102 Å². The van der Waals surface area contributed by atoms with Crippen LogP contribution in [0, 0.1) is 6.92 Å². The van der Waals surface area contributed by atoms with Gasteiger partial charge in [0.2, 0.25) is 0 Å². The lowest BCUT2D eigenvalue weighted by molar-refractivity contribution is 0.0589. The fraction of sp³-hybridized carbons (Fsp3) is 0.316. The number of carbonyl (C=O) groups is 1. The molecule has 0 aliphatic carbocycles. The number of hydrogen-bond donors (Lipinski definition) is 1. The Morgan fingerprint density at radius 2 is 2.11 bits per heavy atom. The number of aryl methyl sites for hydroxylation is 1. The molecule has 4 heterocycles. The minimum absolute atomic E-state index is 0.0480. The van der Waals surface area contributed by atoms with Gasteiger partial charge in [0.25, 0.3) is 5.91 Å². The molecule has 0 aromatic carbocycles. The molecule has 3 aromatic heterocycles. The fourth-order valence-corrected chi connectivity index (χ4v) is 3.16. The maximum atomic E-state index is 12.7. The van der Waals surface area contributed by atoms with E-state index in [1.165, 1.54) is 6.07 Å². The standard InChI is InChI=1S/C19H19N3O5/c1-12-9-14(10-18(23)26-12)27-13-4-6-22(7-5-13)19(24)16-11-15(20-21-16)17-3-2-8-25-17/h2-3,8-11,13H,4-7H2,1H3,(H,20,21). The Morgan fingerprint density at radius 3 is 2.81 bits per heavy atom. The van der Waals surface area contributed by atoms with Crippen molar-refractivity contribution in [1.82, 2.24) is 15.1 Å². The smallest absolute Gasteiger partial charge is 0.339 e. The summed E-state index contributed by atoms with van der Waals surface area (Å²) < 4.78 is 16.1. The number of H-pyrrole nitrogens is 1. The van der Waals surface area contributed by atoms with Crippen LogP contribution in [0.2, 0.25) is 0 Å². The van der Waals surface area contributed by atoms with Crippen LogP contribution in [0.1, 0.15) is 29.1 Å². The second-order valence-electron chi connectivity index (χ2n) is 6.48. The summed E-state index contributed by atoms with van der Waals surface area (Å²) in [5, 5.41) is 6.93. The van der Waals surface area contributed by atoms with E-state index in [1.807, 2.05) is 0 Å². The monoisotopic (exact) mass is 369 g/mol. The van der Waals surface area contributed by atoms with Crippen molar-refractivity contribution < 1.29 is 18.4 Å². The molecule has 1 saturated heterocycles. The largest absolute Gasteiger partial charge is 0.490 e. The van der Waals surface area contributed by atoms with Crippen LogP contribution in [0.25, 0.3) is 11.5 Å². The first-order chi connectivity index (χ1) is 13.1. The van der Waals surface area contributed by atoms with Crippen LogP contribution in [0.3, 0.4) is 0 Å². The highest BCUT2D eigenvalue weighted by atomic mass is 16.5. The van der Waals surface area contributed by atoms with Crippen LogP contribution in [0.4, 0.5) is 0 Å². The average Bonchev–Trinajstić information content (AvgIpc) is 3.32. The third kappa shape index (κ3) is 3.79. The molecule has 140 valence electrons. The Morgan fingerprint density at radius 1 is 1.30 bits per heavy atom. The van der Waals surface area contributed by atoms with Crippen molar-refractivity contribution in [2.75, 3.05) is 13.1 Å². The molecule has 0 spiro atoms. The minimum Gasteiger partial charge on any atom is -0.490 e. The lowest BCUT2D eigenvalue weighted by Gasteiger charge is -2.31. The first kappa shape index (κ1) is 17.1. The number of nitrogens with one attached hydrogen (secondary N) is 1. The molecule has 0 saturated carbocycles. The molecule has 0 unspecified atom stereocenters. The average molecular weight is 369 g/mol. The first-order valence-corrected chi connectivity index (χ1v) is 8.75. The van der Waals surface area contributed by atoms with Crippen molar-refractivity contribution in [2.24, 2.45) is 0 Å². The highest BCUT2D eigenvalue weighted by Crippen LogP contribution is 2.22. The number of aromatic nitrogens is 2. The van der Waals surface area contributed by atoms with Crippen LogP contribution >= 0.6 is 0 Å². The van der Waals surface area contributed by atoms with Gasteiger partial charge in [-0.05, 0) is 19.1 Å². The normalized spacial score (nSPS) is 15.1. The number of piperidine rings is 1. The summed E-state index contributed by atoms with van der Waals surface area (Å²) in [6, 6.07) is 8.30. The first-order valence-electron chi connectivity index (χ1n) is 8.75. The van der Waals surface area contributed by atoms with Crippen LogP contribution in [0.5, 0.6) is 5.75 Å². The summed E-state index contributed by atoms with van der Waals surface area (Å²) in [5.41, 5.74) is 0.598. The van der Waals surface area contributed by atoms with Crippen molar-refractivity contribution in [1.29, 1.82) is 0 Å². The number of amides is 1. The number of rotatable bonds is 4. The van der Waals surface area contributed by atoms with E-state index >= 15 is 0 Å². The zero-order valence-electron chi connectivity index (χ0n) is 14.8. The van der Waals surface area contributed by atoms with Crippen molar-refractivity contribution in [3.63, 3.8) is 0 Å². The lowest BCUT2D eigenvalue weighted by atomic mass is 10.1. The van der Waals surface area contributed by atoms with Gasteiger partial charge in [-0.2, -0.15) is 5.10 Å². The van der Waals surface area contributed by atoms with Crippen LogP contribution in [-0.2, 0) is 0 Å². The molecular weight excluding hydrogens is 350 g/mol. The van der Waals surface area contributed by atoms with Gasteiger partial charge >= 0.3 is 5.63 Å². The van der Waals surface area contributed by atoms with Gasteiger partial charge in [-0.3, -0.25) is 9.89 Å². The maximum Gasteiger partial charge on any atom is 0.339 e. The Kier molecular flexibility index (Phi) is 4.53. The molecule has 1 amide bonds. The van der Waals surface area contributed by atoms with Crippen molar-refractivity contribution >= 4 is 5.91 Å². The number of hydrogen-bond acceptors (Lipinski definition) is 6. The molecule has 0 radical (unpaired) electrons. The maximum absolute atomic E-state index is 12.7. The SMILES string of the molecule is Cc1cc(OC2CCN(C(=O)c3cc(-c4ccco4)[nH]n3)CC2)cc(=O)o1. The van der Waals surface area contributed by atoms with E-state index in [0.717, 1.165) is 0 Å². The lowest BCUT2D eigenvalue weighted by Crippen LogP contribution is -2.42. The predicted molar refractivity (Wildman–Crippen MR) is 95.6 cm³/mol. The molecule has 1 N–H and O–H groups in total. The summed E-state index contributed by atoms with van der Waals surface area (Å²) in [7, 11) is 0. The predicted octanol–water partition coefficient (Wildman–Crippen LogP) is 2.61. The van der Waals surface area contributed by atoms with Gasteiger partial charge in [0.1, 0.15) is 23.3 Å². The molecule has 1 aliphatic rings. The number of aromatic amines is 1. The molecule has 1 aliphatic heterocycles. The highest BCUT2D eigenvalue weighted by Gasteiger charge is 2.26. The second kappa shape index (κ2) is 7.14. The van der Waals surface area contributed by atoms with Crippen molar-refractivity contribution in [3.05, 3.63) is 58.5 Å². The molecule has 0 atom stereocenters.